The molecule has 0 N–H and O–H groups in total. The molecule has 1 atom stereocenters. The number of rotatable bonds is 7. The molecule has 0 fully saturated rings. The van der Waals surface area contributed by atoms with Crippen molar-refractivity contribution in [2.75, 3.05) is 19.9 Å². The van der Waals surface area contributed by atoms with Crippen LogP contribution in [0.3, 0.4) is 0 Å². The summed E-state index contributed by atoms with van der Waals surface area (Å²) in [5.41, 5.74) is 2.01. The topological polar surface area (TPSA) is 60.2 Å². The summed E-state index contributed by atoms with van der Waals surface area (Å²) in [6.07, 6.45) is 3.16. The predicted octanol–water partition coefficient (Wildman–Crippen LogP) is 3.59. The number of hydrogen-bond donors (Lipinski definition) is 0. The van der Waals surface area contributed by atoms with Crippen molar-refractivity contribution in [1.29, 1.82) is 0 Å². The highest BCUT2D eigenvalue weighted by atomic mass is 32.2. The number of methoxy groups -OCH3 is 1. The van der Waals surface area contributed by atoms with Crippen molar-refractivity contribution in [2.24, 2.45) is 0 Å². The third-order valence-electron chi connectivity index (χ3n) is 4.45. The van der Waals surface area contributed by atoms with E-state index in [1.54, 1.807) is 23.0 Å². The lowest BCUT2D eigenvalue weighted by Crippen LogP contribution is -2.31. The van der Waals surface area contributed by atoms with Crippen LogP contribution < -0.4 is 4.74 Å². The zero-order chi connectivity index (χ0) is 19.2. The zero-order valence-corrected chi connectivity index (χ0v) is 16.4. The molecule has 0 unspecified atom stereocenters. The Balaban J connectivity index is 1.58. The van der Waals surface area contributed by atoms with Gasteiger partial charge in [-0.2, -0.15) is 5.10 Å². The highest BCUT2D eigenvalue weighted by molar-refractivity contribution is 8.00. The molecule has 0 radical (unpaired) electrons. The first kappa shape index (κ1) is 19.0. The van der Waals surface area contributed by atoms with Gasteiger partial charge in [0.05, 0.1) is 24.6 Å². The van der Waals surface area contributed by atoms with Crippen LogP contribution in [0.15, 0.2) is 66.1 Å². The summed E-state index contributed by atoms with van der Waals surface area (Å²) in [4.78, 5) is 19.3. The lowest BCUT2D eigenvalue weighted by molar-refractivity contribution is -0.128. The van der Waals surface area contributed by atoms with Crippen molar-refractivity contribution in [3.63, 3.8) is 0 Å². The second-order valence-corrected chi connectivity index (χ2v) is 7.13. The molecular weight excluding hydrogens is 360 g/mol. The summed E-state index contributed by atoms with van der Waals surface area (Å²) in [7, 11) is 3.48. The van der Waals surface area contributed by atoms with Crippen LogP contribution in [0.5, 0.6) is 5.75 Å². The molecule has 3 aromatic rings. The quantitative estimate of drug-likeness (QED) is 0.585. The molecule has 6 nitrogen and oxygen atoms in total. The molecule has 7 heteroatoms. The fourth-order valence-corrected chi connectivity index (χ4v) is 3.43. The van der Waals surface area contributed by atoms with Gasteiger partial charge in [0.1, 0.15) is 18.4 Å². The van der Waals surface area contributed by atoms with E-state index >= 15 is 0 Å². The number of hydrogen-bond acceptors (Lipinski definition) is 5. The van der Waals surface area contributed by atoms with E-state index in [0.717, 1.165) is 21.9 Å². The normalized spacial score (nSPS) is 11.8. The van der Waals surface area contributed by atoms with Crippen LogP contribution in [0.25, 0.3) is 5.69 Å². The Hall–Kier alpha value is -2.80. The monoisotopic (exact) mass is 382 g/mol. The number of ether oxygens (including phenoxy) is 1. The molecule has 0 aliphatic rings. The largest absolute Gasteiger partial charge is 0.497 e. The third kappa shape index (κ3) is 4.68. The molecule has 2 aromatic carbocycles. The Morgan fingerprint density at radius 3 is 2.48 bits per heavy atom. The van der Waals surface area contributed by atoms with Gasteiger partial charge in [-0.1, -0.05) is 12.1 Å². The minimum absolute atomic E-state index is 0.0150. The molecular formula is C20H22N4O2S. The zero-order valence-electron chi connectivity index (χ0n) is 15.6. The summed E-state index contributed by atoms with van der Waals surface area (Å²) in [6.45, 7) is 2.03. The molecule has 0 spiro atoms. The van der Waals surface area contributed by atoms with Crippen LogP contribution in [-0.4, -0.2) is 45.5 Å². The van der Waals surface area contributed by atoms with Crippen molar-refractivity contribution < 1.29 is 9.53 Å². The molecule has 3 rings (SSSR count). The first-order valence-corrected chi connectivity index (χ1v) is 9.54. The van der Waals surface area contributed by atoms with E-state index in [1.165, 1.54) is 18.1 Å². The van der Waals surface area contributed by atoms with Gasteiger partial charge >= 0.3 is 0 Å². The minimum Gasteiger partial charge on any atom is -0.497 e. The third-order valence-corrected chi connectivity index (χ3v) is 5.45. The lowest BCUT2D eigenvalue weighted by Gasteiger charge is -2.25. The molecule has 1 amide bonds. The number of nitrogens with zero attached hydrogens (tertiary/aromatic N) is 4. The van der Waals surface area contributed by atoms with E-state index < -0.39 is 0 Å². The Morgan fingerprint density at radius 1 is 1.19 bits per heavy atom. The Morgan fingerprint density at radius 2 is 1.89 bits per heavy atom. The van der Waals surface area contributed by atoms with Crippen molar-refractivity contribution in [3.05, 3.63) is 66.7 Å². The maximum atomic E-state index is 12.6. The summed E-state index contributed by atoms with van der Waals surface area (Å²) >= 11 is 1.52. The number of amides is 1. The fraction of sp³-hybridized carbons (Fsp3) is 0.250. The molecule has 0 saturated heterocycles. The van der Waals surface area contributed by atoms with Gasteiger partial charge in [-0.15, -0.1) is 11.8 Å². The van der Waals surface area contributed by atoms with Gasteiger partial charge < -0.3 is 9.64 Å². The highest BCUT2D eigenvalue weighted by Crippen LogP contribution is 2.24. The van der Waals surface area contributed by atoms with Crippen molar-refractivity contribution in [2.45, 2.75) is 17.9 Å². The van der Waals surface area contributed by atoms with Gasteiger partial charge in [-0.3, -0.25) is 4.79 Å². The maximum absolute atomic E-state index is 12.6. The number of thioether (sulfide) groups is 1. The summed E-state index contributed by atoms with van der Waals surface area (Å²) in [5.74, 6) is 1.29. The predicted molar refractivity (Wildman–Crippen MR) is 106 cm³/mol. The average molecular weight is 382 g/mol. The van der Waals surface area contributed by atoms with Crippen LogP contribution in [0.4, 0.5) is 0 Å². The highest BCUT2D eigenvalue weighted by Gasteiger charge is 2.17. The molecule has 0 bridgehead atoms. The molecule has 1 heterocycles. The van der Waals surface area contributed by atoms with Crippen LogP contribution in [-0.2, 0) is 4.79 Å². The van der Waals surface area contributed by atoms with E-state index in [4.69, 9.17) is 4.74 Å². The molecule has 1 aromatic heterocycles. The molecule has 140 valence electrons. The van der Waals surface area contributed by atoms with Crippen molar-refractivity contribution in [3.8, 4) is 11.4 Å². The Kier molecular flexibility index (Phi) is 6.13. The standard InChI is InChI=1S/C20H22N4O2S/c1-15(16-4-6-17(7-5-16)24-14-21-13-22-24)23(2)20(25)12-27-19-10-8-18(26-3)9-11-19/h4-11,13-15H,12H2,1-3H3/t15-/m1/s1. The van der Waals surface area contributed by atoms with Crippen molar-refractivity contribution in [1.82, 2.24) is 19.7 Å². The minimum atomic E-state index is -0.0150. The van der Waals surface area contributed by atoms with Crippen LogP contribution >= 0.6 is 11.8 Å². The lowest BCUT2D eigenvalue weighted by atomic mass is 10.1. The van der Waals surface area contributed by atoms with Gasteiger partial charge in [0.2, 0.25) is 5.91 Å². The van der Waals surface area contributed by atoms with E-state index in [1.807, 2.05) is 62.5 Å². The number of carbonyl (C=O) groups excluding carboxylic acids is 1. The first-order chi connectivity index (χ1) is 13.1. The van der Waals surface area contributed by atoms with E-state index in [2.05, 4.69) is 10.1 Å². The number of carbonyl (C=O) groups is 1. The van der Waals surface area contributed by atoms with Gasteiger partial charge in [-0.25, -0.2) is 9.67 Å². The molecule has 27 heavy (non-hydrogen) atoms. The average Bonchev–Trinajstić information content (AvgIpc) is 3.26. The number of aromatic nitrogens is 3. The maximum Gasteiger partial charge on any atom is 0.233 e. The van der Waals surface area contributed by atoms with Gasteiger partial charge in [0.25, 0.3) is 0 Å². The SMILES string of the molecule is COc1ccc(SCC(=O)N(C)[C@H](C)c2ccc(-n3cncn3)cc2)cc1. The molecule has 0 saturated carbocycles. The van der Waals surface area contributed by atoms with Crippen LogP contribution in [0.1, 0.15) is 18.5 Å². The second kappa shape index (κ2) is 8.73. The molecule has 0 aliphatic carbocycles. The summed E-state index contributed by atoms with van der Waals surface area (Å²) in [6, 6.07) is 15.7. The fourth-order valence-electron chi connectivity index (χ4n) is 2.61. The van der Waals surface area contributed by atoms with E-state index in [-0.39, 0.29) is 11.9 Å². The molecule has 0 aliphatic heterocycles. The van der Waals surface area contributed by atoms with Gasteiger partial charge in [0, 0.05) is 11.9 Å². The van der Waals surface area contributed by atoms with Crippen molar-refractivity contribution >= 4 is 17.7 Å². The smallest absolute Gasteiger partial charge is 0.233 e. The Bertz CT molecular complexity index is 864. The van der Waals surface area contributed by atoms with Gasteiger partial charge in [-0.05, 0) is 48.9 Å². The van der Waals surface area contributed by atoms with Crippen LogP contribution in [0, 0.1) is 0 Å². The Labute approximate surface area is 163 Å². The summed E-state index contributed by atoms with van der Waals surface area (Å²) < 4.78 is 6.86. The van der Waals surface area contributed by atoms with Crippen LogP contribution in [0.2, 0.25) is 0 Å². The van der Waals surface area contributed by atoms with Gasteiger partial charge in [0.15, 0.2) is 0 Å². The second-order valence-electron chi connectivity index (χ2n) is 6.08. The number of benzene rings is 2. The summed E-state index contributed by atoms with van der Waals surface area (Å²) in [5, 5.41) is 4.12. The van der Waals surface area contributed by atoms with E-state index in [0.29, 0.717) is 5.75 Å². The van der Waals surface area contributed by atoms with E-state index in [9.17, 15) is 4.79 Å². The first-order valence-electron chi connectivity index (χ1n) is 8.56.